The number of aliphatic hydroxyl groups is 1. The van der Waals surface area contributed by atoms with Crippen LogP contribution < -0.4 is 0 Å². The molecule has 1 aliphatic rings. The van der Waals surface area contributed by atoms with Gasteiger partial charge in [0.15, 0.2) is 0 Å². The average molecular weight is 284 g/mol. The van der Waals surface area contributed by atoms with Crippen molar-refractivity contribution in [2.24, 2.45) is 0 Å². The molecule has 1 N–H and O–H groups in total. The Bertz CT molecular complexity index is 612. The standard InChI is InChI=1S/C18H24N2O/c1-20(2)18(11-4-3-5-12-18)17(21)15-10-6-8-14-9-7-13-19-16(14)15/h6-10,13,17,21H,3-5,11-12H2,1-2H3. The Kier molecular flexibility index (Phi) is 3.96. The number of para-hydroxylation sites is 1. The highest BCUT2D eigenvalue weighted by Gasteiger charge is 2.42. The molecule has 1 saturated carbocycles. The van der Waals surface area contributed by atoms with Gasteiger partial charge in [-0.15, -0.1) is 0 Å². The highest BCUT2D eigenvalue weighted by atomic mass is 16.3. The van der Waals surface area contributed by atoms with Crippen molar-refractivity contribution in [3.63, 3.8) is 0 Å². The summed E-state index contributed by atoms with van der Waals surface area (Å²) in [6, 6.07) is 10.1. The number of benzene rings is 1. The van der Waals surface area contributed by atoms with Crippen LogP contribution in [0.5, 0.6) is 0 Å². The molecule has 0 amide bonds. The number of fused-ring (bicyclic) bond motifs is 1. The molecular formula is C18H24N2O. The third kappa shape index (κ3) is 2.45. The SMILES string of the molecule is CN(C)C1(C(O)c2cccc3cccnc23)CCCCC1. The Labute approximate surface area is 126 Å². The number of likely N-dealkylation sites (N-methyl/N-ethyl adjacent to an activating group) is 1. The molecular weight excluding hydrogens is 260 g/mol. The van der Waals surface area contributed by atoms with Gasteiger partial charge >= 0.3 is 0 Å². The Hall–Kier alpha value is -1.45. The van der Waals surface area contributed by atoms with Crippen molar-refractivity contribution in [1.29, 1.82) is 0 Å². The minimum atomic E-state index is -0.494. The van der Waals surface area contributed by atoms with E-state index in [2.05, 4.69) is 36.1 Å². The number of rotatable bonds is 3. The van der Waals surface area contributed by atoms with Crippen molar-refractivity contribution in [2.75, 3.05) is 14.1 Å². The van der Waals surface area contributed by atoms with Crippen LogP contribution in [0.25, 0.3) is 10.9 Å². The number of hydrogen-bond acceptors (Lipinski definition) is 3. The molecule has 1 atom stereocenters. The lowest BCUT2D eigenvalue weighted by Crippen LogP contribution is -2.50. The molecule has 3 heteroatoms. The average Bonchev–Trinajstić information content (AvgIpc) is 2.54. The van der Waals surface area contributed by atoms with Gasteiger partial charge in [0, 0.05) is 17.1 Å². The summed E-state index contributed by atoms with van der Waals surface area (Å²) < 4.78 is 0. The lowest BCUT2D eigenvalue weighted by atomic mass is 9.74. The van der Waals surface area contributed by atoms with Crippen molar-refractivity contribution in [3.05, 3.63) is 42.1 Å². The molecule has 3 nitrogen and oxygen atoms in total. The second-order valence-corrected chi connectivity index (χ2v) is 6.38. The smallest absolute Gasteiger partial charge is 0.0994 e. The number of aromatic nitrogens is 1. The molecule has 0 spiro atoms. The zero-order valence-electron chi connectivity index (χ0n) is 12.9. The van der Waals surface area contributed by atoms with E-state index in [9.17, 15) is 5.11 Å². The summed E-state index contributed by atoms with van der Waals surface area (Å²) in [4.78, 5) is 6.73. The lowest BCUT2D eigenvalue weighted by Gasteiger charge is -2.46. The molecule has 1 aromatic carbocycles. The molecule has 1 aromatic heterocycles. The second-order valence-electron chi connectivity index (χ2n) is 6.38. The molecule has 3 rings (SSSR count). The van der Waals surface area contributed by atoms with E-state index in [4.69, 9.17) is 0 Å². The topological polar surface area (TPSA) is 36.4 Å². The van der Waals surface area contributed by atoms with Crippen LogP contribution in [-0.2, 0) is 0 Å². The van der Waals surface area contributed by atoms with E-state index in [1.54, 1.807) is 0 Å². The fourth-order valence-corrected chi connectivity index (χ4v) is 3.77. The minimum Gasteiger partial charge on any atom is -0.386 e. The highest BCUT2D eigenvalue weighted by molar-refractivity contribution is 5.82. The van der Waals surface area contributed by atoms with Crippen LogP contribution in [0.4, 0.5) is 0 Å². The van der Waals surface area contributed by atoms with E-state index in [-0.39, 0.29) is 5.54 Å². The Balaban J connectivity index is 2.08. The van der Waals surface area contributed by atoms with Crippen LogP contribution in [0.1, 0.15) is 43.8 Å². The monoisotopic (exact) mass is 284 g/mol. The van der Waals surface area contributed by atoms with Crippen LogP contribution in [-0.4, -0.2) is 34.6 Å². The van der Waals surface area contributed by atoms with E-state index >= 15 is 0 Å². The molecule has 0 radical (unpaired) electrons. The van der Waals surface area contributed by atoms with Gasteiger partial charge in [-0.2, -0.15) is 0 Å². The summed E-state index contributed by atoms with van der Waals surface area (Å²) in [5.74, 6) is 0. The second kappa shape index (κ2) is 5.74. The van der Waals surface area contributed by atoms with Gasteiger partial charge in [0.25, 0.3) is 0 Å². The summed E-state index contributed by atoms with van der Waals surface area (Å²) in [7, 11) is 4.18. The first-order chi connectivity index (χ1) is 10.1. The van der Waals surface area contributed by atoms with Crippen LogP contribution in [0.15, 0.2) is 36.5 Å². The Morgan fingerprint density at radius 3 is 2.52 bits per heavy atom. The van der Waals surface area contributed by atoms with Crippen molar-refractivity contribution in [3.8, 4) is 0 Å². The number of aliphatic hydroxyl groups excluding tert-OH is 1. The Morgan fingerprint density at radius 2 is 1.81 bits per heavy atom. The molecule has 1 aliphatic carbocycles. The number of pyridine rings is 1. The zero-order valence-corrected chi connectivity index (χ0v) is 12.9. The third-order valence-corrected chi connectivity index (χ3v) is 5.08. The molecule has 1 fully saturated rings. The Morgan fingerprint density at radius 1 is 1.10 bits per heavy atom. The molecule has 21 heavy (non-hydrogen) atoms. The lowest BCUT2D eigenvalue weighted by molar-refractivity contribution is -0.0329. The summed E-state index contributed by atoms with van der Waals surface area (Å²) in [5, 5.41) is 12.3. The maximum absolute atomic E-state index is 11.2. The molecule has 0 bridgehead atoms. The van der Waals surface area contributed by atoms with Crippen molar-refractivity contribution in [2.45, 2.75) is 43.7 Å². The van der Waals surface area contributed by atoms with E-state index in [0.29, 0.717) is 0 Å². The molecule has 1 heterocycles. The normalized spacial score (nSPS) is 19.8. The largest absolute Gasteiger partial charge is 0.386 e. The molecule has 1 unspecified atom stereocenters. The van der Waals surface area contributed by atoms with Gasteiger partial charge < -0.3 is 10.0 Å². The molecule has 0 aliphatic heterocycles. The predicted molar refractivity (Wildman–Crippen MR) is 86.2 cm³/mol. The summed E-state index contributed by atoms with van der Waals surface area (Å²) in [6.45, 7) is 0. The molecule has 112 valence electrons. The van der Waals surface area contributed by atoms with Crippen LogP contribution in [0, 0.1) is 0 Å². The summed E-state index contributed by atoms with van der Waals surface area (Å²) in [6.07, 6.45) is 7.06. The highest BCUT2D eigenvalue weighted by Crippen LogP contribution is 2.43. The van der Waals surface area contributed by atoms with Gasteiger partial charge in [0.05, 0.1) is 17.2 Å². The third-order valence-electron chi connectivity index (χ3n) is 5.08. The first-order valence-corrected chi connectivity index (χ1v) is 7.84. The molecule has 0 saturated heterocycles. The van der Waals surface area contributed by atoms with Crippen LogP contribution in [0.3, 0.4) is 0 Å². The fraction of sp³-hybridized carbons (Fsp3) is 0.500. The fourth-order valence-electron chi connectivity index (χ4n) is 3.77. The van der Waals surface area contributed by atoms with Crippen LogP contribution in [0.2, 0.25) is 0 Å². The molecule has 2 aromatic rings. The van der Waals surface area contributed by atoms with E-state index in [1.807, 2.05) is 24.4 Å². The van der Waals surface area contributed by atoms with Gasteiger partial charge in [-0.3, -0.25) is 4.98 Å². The van der Waals surface area contributed by atoms with Crippen molar-refractivity contribution in [1.82, 2.24) is 9.88 Å². The maximum Gasteiger partial charge on any atom is 0.0994 e. The first-order valence-electron chi connectivity index (χ1n) is 7.84. The predicted octanol–water partition coefficient (Wildman–Crippen LogP) is 3.53. The number of hydrogen-bond donors (Lipinski definition) is 1. The van der Waals surface area contributed by atoms with Gasteiger partial charge in [0.2, 0.25) is 0 Å². The van der Waals surface area contributed by atoms with Crippen molar-refractivity contribution < 1.29 is 5.11 Å². The van der Waals surface area contributed by atoms with E-state index in [0.717, 1.165) is 29.3 Å². The minimum absolute atomic E-state index is 0.163. The van der Waals surface area contributed by atoms with Crippen LogP contribution >= 0.6 is 0 Å². The van der Waals surface area contributed by atoms with E-state index < -0.39 is 6.10 Å². The van der Waals surface area contributed by atoms with Gasteiger partial charge in [-0.1, -0.05) is 43.5 Å². The summed E-state index contributed by atoms with van der Waals surface area (Å²) >= 11 is 0. The summed E-state index contributed by atoms with van der Waals surface area (Å²) in [5.41, 5.74) is 1.73. The first kappa shape index (κ1) is 14.5. The number of nitrogens with zero attached hydrogens (tertiary/aromatic N) is 2. The maximum atomic E-state index is 11.2. The van der Waals surface area contributed by atoms with E-state index in [1.165, 1.54) is 19.3 Å². The van der Waals surface area contributed by atoms with Gasteiger partial charge in [0.1, 0.15) is 0 Å². The van der Waals surface area contributed by atoms with Crippen molar-refractivity contribution >= 4 is 10.9 Å². The quantitative estimate of drug-likeness (QED) is 0.936. The zero-order chi connectivity index (χ0) is 14.9. The van der Waals surface area contributed by atoms with Gasteiger partial charge in [-0.25, -0.2) is 0 Å². The van der Waals surface area contributed by atoms with Gasteiger partial charge in [-0.05, 0) is 33.0 Å².